The third-order valence-electron chi connectivity index (χ3n) is 8.99. The summed E-state index contributed by atoms with van der Waals surface area (Å²) in [5, 5.41) is 12.0. The molecule has 0 aromatic heterocycles. The van der Waals surface area contributed by atoms with Crippen molar-refractivity contribution in [2.24, 2.45) is 16.7 Å². The summed E-state index contributed by atoms with van der Waals surface area (Å²) in [7, 11) is 0. The van der Waals surface area contributed by atoms with E-state index < -0.39 is 21.8 Å². The SMILES string of the molecule is CC.CC.CCC12C(=O)C(C)(C(C)(C)c3ccccc31)C(O)(CC)C(C)C2(C)C.[I][V]([I])[I]. The summed E-state index contributed by atoms with van der Waals surface area (Å²) >= 11 is 7.39. The number of fused-ring (bicyclic) bond motifs is 4. The number of Topliss-reactive ketones (excluding diaryl/α,β-unsaturated/α-hetero) is 1. The van der Waals surface area contributed by atoms with Gasteiger partial charge in [0.25, 0.3) is 0 Å². The van der Waals surface area contributed by atoms with Crippen molar-refractivity contribution in [2.75, 3.05) is 0 Å². The van der Waals surface area contributed by atoms with E-state index in [0.717, 1.165) is 6.42 Å². The van der Waals surface area contributed by atoms with Crippen molar-refractivity contribution in [1.29, 1.82) is 0 Å². The van der Waals surface area contributed by atoms with E-state index in [0.29, 0.717) is 6.42 Å². The normalized spacial score (nSPS) is 32.8. The molecule has 1 saturated carbocycles. The molecular weight excluding hydrogens is 788 g/mol. The minimum absolute atomic E-state index is 0.0141. The first-order chi connectivity index (χ1) is 15.1. The van der Waals surface area contributed by atoms with E-state index in [4.69, 9.17) is 0 Å². The summed E-state index contributed by atoms with van der Waals surface area (Å²) in [6, 6.07) is 8.46. The van der Waals surface area contributed by atoms with E-state index in [1.54, 1.807) is 0 Å². The second-order valence-corrected chi connectivity index (χ2v) is 45.2. The van der Waals surface area contributed by atoms with Gasteiger partial charge in [0.15, 0.2) is 5.78 Å². The predicted molar refractivity (Wildman–Crippen MR) is 167 cm³/mol. The summed E-state index contributed by atoms with van der Waals surface area (Å²) in [4.78, 5) is 14.0. The zero-order chi connectivity index (χ0) is 26.6. The Morgan fingerprint density at radius 2 is 1.27 bits per heavy atom. The predicted octanol–water partition coefficient (Wildman–Crippen LogP) is 9.72. The molecule has 6 heteroatoms. The first-order valence-electron chi connectivity index (χ1n) is 12.3. The van der Waals surface area contributed by atoms with Gasteiger partial charge in [-0.15, -0.1) is 0 Å². The van der Waals surface area contributed by atoms with Crippen LogP contribution in [-0.2, 0) is 20.5 Å². The van der Waals surface area contributed by atoms with E-state index in [9.17, 15) is 9.90 Å². The molecule has 3 rings (SSSR count). The molecule has 0 heterocycles. The van der Waals surface area contributed by atoms with Gasteiger partial charge in [-0.05, 0) is 42.2 Å². The van der Waals surface area contributed by atoms with Gasteiger partial charge in [0.1, 0.15) is 0 Å². The summed E-state index contributed by atoms with van der Waals surface area (Å²) < 4.78 is 0. The van der Waals surface area contributed by atoms with Gasteiger partial charge in [0, 0.05) is 5.41 Å². The molecule has 2 aliphatic rings. The third kappa shape index (κ3) is 5.05. The summed E-state index contributed by atoms with van der Waals surface area (Å²) in [5.41, 5.74) is -0.720. The number of aliphatic hydroxyl groups is 1. The van der Waals surface area contributed by atoms with Crippen molar-refractivity contribution >= 4 is 65.7 Å². The zero-order valence-electron chi connectivity index (χ0n) is 22.7. The number of hydrogen-bond donors (Lipinski definition) is 1. The number of carbonyl (C=O) groups is 1. The number of hydrogen-bond acceptors (Lipinski definition) is 2. The van der Waals surface area contributed by atoms with Gasteiger partial charge in [-0.2, -0.15) is 0 Å². The minimum atomic E-state index is -1.02. The Kier molecular flexibility index (Phi) is 13.6. The van der Waals surface area contributed by atoms with Crippen LogP contribution in [0.2, 0.25) is 0 Å². The quantitative estimate of drug-likeness (QED) is 0.302. The van der Waals surface area contributed by atoms with Crippen LogP contribution >= 0.6 is 59.9 Å². The molecule has 33 heavy (non-hydrogen) atoms. The Bertz CT molecular complexity index is 793. The van der Waals surface area contributed by atoms with E-state index >= 15 is 0 Å². The Morgan fingerprint density at radius 1 is 0.879 bits per heavy atom. The number of benzene rings is 1. The Balaban J connectivity index is 0.00000113. The molecule has 2 nitrogen and oxygen atoms in total. The molecule has 0 saturated heterocycles. The topological polar surface area (TPSA) is 37.3 Å². The molecule has 1 aromatic rings. The average Bonchev–Trinajstić information content (AvgIpc) is 2.79. The van der Waals surface area contributed by atoms with Gasteiger partial charge in [0.2, 0.25) is 0 Å². The second-order valence-electron chi connectivity index (χ2n) is 9.80. The van der Waals surface area contributed by atoms with Crippen molar-refractivity contribution in [2.45, 2.75) is 112 Å². The molecule has 1 fully saturated rings. The van der Waals surface area contributed by atoms with Gasteiger partial charge in [0.05, 0.1) is 16.4 Å². The number of carbonyl (C=O) groups excluding carboxylic acids is 1. The Hall–Kier alpha value is 1.62. The molecule has 2 aliphatic carbocycles. The molecule has 4 atom stereocenters. The van der Waals surface area contributed by atoms with E-state index in [1.165, 1.54) is 11.1 Å². The zero-order valence-corrected chi connectivity index (χ0v) is 30.6. The van der Waals surface area contributed by atoms with Crippen LogP contribution in [-0.4, -0.2) is 16.5 Å². The second kappa shape index (κ2) is 12.9. The monoisotopic (exact) mass is 834 g/mol. The first-order valence-corrected chi connectivity index (χ1v) is 25.8. The maximum atomic E-state index is 14.2. The van der Waals surface area contributed by atoms with Gasteiger partial charge in [-0.1, -0.05) is 100 Å². The molecule has 0 radical (unpaired) electrons. The van der Waals surface area contributed by atoms with Crippen LogP contribution in [0.15, 0.2) is 24.3 Å². The van der Waals surface area contributed by atoms with E-state index in [1.807, 2.05) is 41.5 Å². The third-order valence-corrected chi connectivity index (χ3v) is 8.99. The first kappa shape index (κ1) is 34.6. The fourth-order valence-electron chi connectivity index (χ4n) is 6.75. The van der Waals surface area contributed by atoms with Crippen LogP contribution in [0.4, 0.5) is 0 Å². The van der Waals surface area contributed by atoms with Crippen molar-refractivity contribution in [3.8, 4) is 0 Å². The average molecular weight is 834 g/mol. The summed E-state index contributed by atoms with van der Waals surface area (Å²) in [6.45, 7) is 25.0. The Morgan fingerprint density at radius 3 is 1.64 bits per heavy atom. The van der Waals surface area contributed by atoms with E-state index in [2.05, 4.69) is 126 Å². The maximum absolute atomic E-state index is 14.2. The number of halogens is 3. The van der Waals surface area contributed by atoms with Gasteiger partial charge < -0.3 is 5.11 Å². The van der Waals surface area contributed by atoms with Crippen LogP contribution in [0, 0.1) is 16.7 Å². The molecule has 4 unspecified atom stereocenters. The molecule has 0 aliphatic heterocycles. The summed E-state index contributed by atoms with van der Waals surface area (Å²) in [6.07, 6.45) is 1.36. The van der Waals surface area contributed by atoms with Crippen molar-refractivity contribution in [3.05, 3.63) is 35.4 Å². The van der Waals surface area contributed by atoms with Crippen molar-refractivity contribution < 1.29 is 14.8 Å². The van der Waals surface area contributed by atoms with Crippen LogP contribution in [0.25, 0.3) is 0 Å². The molecular formula is C27H46I3O2V. The van der Waals surface area contributed by atoms with Crippen molar-refractivity contribution in [1.82, 2.24) is 0 Å². The standard InChI is InChI=1S/C23H34O2.2C2H6.3HI.V/c1-9-22-17-14-12-11-13-16(17)20(6,7)21(8,18(22)24)23(25,10-2)15(3)19(22,4)5;2*1-2;;;;/h11-15,25H,9-10H2,1-8H3;2*1-2H3;3*1H;/q;;;;;;+3/p-3. The molecule has 192 valence electrons. The molecule has 2 bridgehead atoms. The molecule has 0 amide bonds. The van der Waals surface area contributed by atoms with E-state index in [-0.39, 0.29) is 22.0 Å². The summed E-state index contributed by atoms with van der Waals surface area (Å²) in [5.74, 6) is 0.249. The van der Waals surface area contributed by atoms with Crippen LogP contribution in [0.3, 0.4) is 0 Å². The molecule has 0 spiro atoms. The van der Waals surface area contributed by atoms with Crippen molar-refractivity contribution in [3.63, 3.8) is 0 Å². The van der Waals surface area contributed by atoms with Gasteiger partial charge >= 0.3 is 64.9 Å². The number of rotatable bonds is 2. The Labute approximate surface area is 242 Å². The molecule has 1 aromatic carbocycles. The van der Waals surface area contributed by atoms with Gasteiger partial charge in [-0.25, -0.2) is 0 Å². The molecule has 1 N–H and O–H groups in total. The fraction of sp³-hybridized carbons (Fsp3) is 0.741. The van der Waals surface area contributed by atoms with Crippen LogP contribution in [0.1, 0.15) is 107 Å². The van der Waals surface area contributed by atoms with Crippen LogP contribution in [0.5, 0.6) is 0 Å². The van der Waals surface area contributed by atoms with Crippen LogP contribution < -0.4 is 0 Å². The number of ketones is 1. The van der Waals surface area contributed by atoms with Gasteiger partial charge in [-0.3, -0.25) is 4.79 Å². The fourth-order valence-corrected chi connectivity index (χ4v) is 6.75.